The minimum Gasteiger partial charge on any atom is -0.350 e. The summed E-state index contributed by atoms with van der Waals surface area (Å²) in [6, 6.07) is 8.77. The van der Waals surface area contributed by atoms with Crippen molar-refractivity contribution < 1.29 is 26.4 Å². The Morgan fingerprint density at radius 3 is 2.21 bits per heavy atom. The van der Waals surface area contributed by atoms with Crippen LogP contribution in [0.3, 0.4) is 0 Å². The van der Waals surface area contributed by atoms with E-state index < -0.39 is 33.7 Å². The van der Waals surface area contributed by atoms with Gasteiger partial charge in [0.2, 0.25) is 15.9 Å². The highest BCUT2D eigenvalue weighted by molar-refractivity contribution is 7.89. The minimum atomic E-state index is -4.42. The maximum atomic E-state index is 12.6. The van der Waals surface area contributed by atoms with Gasteiger partial charge in [-0.2, -0.15) is 13.2 Å². The molecular formula is C20H23F3N2O3S. The zero-order valence-corrected chi connectivity index (χ0v) is 17.1. The number of halogens is 3. The third kappa shape index (κ3) is 6.30. The van der Waals surface area contributed by atoms with E-state index in [0.717, 1.165) is 23.3 Å². The molecule has 5 nitrogen and oxygen atoms in total. The van der Waals surface area contributed by atoms with Crippen LogP contribution in [0.25, 0.3) is 0 Å². The predicted molar refractivity (Wildman–Crippen MR) is 104 cm³/mol. The molecule has 0 fully saturated rings. The summed E-state index contributed by atoms with van der Waals surface area (Å²) >= 11 is 0. The highest BCUT2D eigenvalue weighted by Gasteiger charge is 2.30. The molecule has 0 aliphatic rings. The molecule has 1 amide bonds. The number of aryl methyl sites for hydroxylation is 2. The highest BCUT2D eigenvalue weighted by atomic mass is 32.2. The summed E-state index contributed by atoms with van der Waals surface area (Å²) in [7, 11) is -3.73. The van der Waals surface area contributed by atoms with E-state index >= 15 is 0 Å². The van der Waals surface area contributed by atoms with Gasteiger partial charge in [-0.25, -0.2) is 13.1 Å². The van der Waals surface area contributed by atoms with Crippen LogP contribution >= 0.6 is 0 Å². The number of rotatable bonds is 7. The summed E-state index contributed by atoms with van der Waals surface area (Å²) in [6.45, 7) is 5.23. The van der Waals surface area contributed by atoms with Gasteiger partial charge in [0, 0.05) is 13.0 Å². The lowest BCUT2D eigenvalue weighted by Gasteiger charge is -2.16. The fourth-order valence-electron chi connectivity index (χ4n) is 2.62. The summed E-state index contributed by atoms with van der Waals surface area (Å²) in [5, 5.41) is 2.64. The minimum absolute atomic E-state index is 0.0964. The standard InChI is InChI=1S/C20H23F3N2O3S/c1-13-4-9-18(12-14(13)2)29(27,28)24-11-10-19(26)25-15(3)16-5-7-17(8-6-16)20(21,22)23/h4-9,12,15,24H,10-11H2,1-3H3,(H,25,26)/t15-/m1/s1. The average molecular weight is 428 g/mol. The topological polar surface area (TPSA) is 75.3 Å². The van der Waals surface area contributed by atoms with Crippen molar-refractivity contribution in [3.05, 3.63) is 64.7 Å². The van der Waals surface area contributed by atoms with Crippen LogP contribution in [0.2, 0.25) is 0 Å². The molecule has 0 unspecified atom stereocenters. The Balaban J connectivity index is 1.88. The number of nitrogens with one attached hydrogen (secondary N) is 2. The van der Waals surface area contributed by atoms with Crippen LogP contribution in [0.15, 0.2) is 47.4 Å². The molecule has 2 aromatic carbocycles. The van der Waals surface area contributed by atoms with Crippen LogP contribution < -0.4 is 10.0 Å². The second-order valence-corrected chi connectivity index (χ2v) is 8.57. The van der Waals surface area contributed by atoms with Gasteiger partial charge in [0.05, 0.1) is 16.5 Å². The molecule has 0 spiro atoms. The van der Waals surface area contributed by atoms with E-state index in [-0.39, 0.29) is 17.9 Å². The van der Waals surface area contributed by atoms with E-state index in [1.54, 1.807) is 19.1 Å². The van der Waals surface area contributed by atoms with Gasteiger partial charge in [0.15, 0.2) is 0 Å². The van der Waals surface area contributed by atoms with Gasteiger partial charge in [0.1, 0.15) is 0 Å². The molecule has 0 heterocycles. The zero-order valence-electron chi connectivity index (χ0n) is 16.3. The van der Waals surface area contributed by atoms with Gasteiger partial charge < -0.3 is 5.32 Å². The van der Waals surface area contributed by atoms with Crippen molar-refractivity contribution in [1.29, 1.82) is 0 Å². The molecule has 0 saturated carbocycles. The van der Waals surface area contributed by atoms with Gasteiger partial charge in [-0.1, -0.05) is 18.2 Å². The summed E-state index contributed by atoms with van der Waals surface area (Å²) in [5.74, 6) is -0.416. The molecule has 2 aromatic rings. The van der Waals surface area contributed by atoms with Crippen LogP contribution in [0.1, 0.15) is 41.6 Å². The molecule has 2 N–H and O–H groups in total. The van der Waals surface area contributed by atoms with E-state index in [4.69, 9.17) is 0 Å². The molecule has 158 valence electrons. The SMILES string of the molecule is Cc1ccc(S(=O)(=O)NCCC(=O)N[C@H](C)c2ccc(C(F)(F)F)cc2)cc1C. The van der Waals surface area contributed by atoms with Crippen molar-refractivity contribution in [2.75, 3.05) is 6.54 Å². The second kappa shape index (κ2) is 8.96. The molecule has 0 aliphatic carbocycles. The highest BCUT2D eigenvalue weighted by Crippen LogP contribution is 2.29. The van der Waals surface area contributed by atoms with Crippen molar-refractivity contribution in [1.82, 2.24) is 10.0 Å². The maximum Gasteiger partial charge on any atom is 0.416 e. The Bertz CT molecular complexity index is 971. The van der Waals surface area contributed by atoms with E-state index in [9.17, 15) is 26.4 Å². The fraction of sp³-hybridized carbons (Fsp3) is 0.350. The first-order chi connectivity index (χ1) is 13.4. The first-order valence-corrected chi connectivity index (χ1v) is 10.4. The molecule has 0 bridgehead atoms. The molecule has 29 heavy (non-hydrogen) atoms. The Hall–Kier alpha value is -2.39. The van der Waals surface area contributed by atoms with E-state index in [1.807, 2.05) is 13.8 Å². The molecular weight excluding hydrogens is 405 g/mol. The zero-order chi connectivity index (χ0) is 21.8. The number of hydrogen-bond donors (Lipinski definition) is 2. The van der Waals surface area contributed by atoms with Crippen LogP contribution in [-0.2, 0) is 21.0 Å². The number of amides is 1. The number of sulfonamides is 1. The van der Waals surface area contributed by atoms with Crippen LogP contribution in [0, 0.1) is 13.8 Å². The molecule has 0 aromatic heterocycles. The van der Waals surface area contributed by atoms with Crippen molar-refractivity contribution in [3.8, 4) is 0 Å². The molecule has 0 aliphatic heterocycles. The predicted octanol–water partition coefficient (Wildman–Crippen LogP) is 3.87. The third-order valence-electron chi connectivity index (χ3n) is 4.55. The molecule has 9 heteroatoms. The molecule has 1 atom stereocenters. The first-order valence-electron chi connectivity index (χ1n) is 8.93. The summed E-state index contributed by atoms with van der Waals surface area (Å²) in [5.41, 5.74) is 1.57. The summed E-state index contributed by atoms with van der Waals surface area (Å²) in [6.07, 6.45) is -4.52. The Morgan fingerprint density at radius 2 is 1.66 bits per heavy atom. The van der Waals surface area contributed by atoms with Crippen LogP contribution in [0.5, 0.6) is 0 Å². The number of carbonyl (C=O) groups is 1. The first kappa shape index (κ1) is 22.9. The van der Waals surface area contributed by atoms with Crippen molar-refractivity contribution in [2.24, 2.45) is 0 Å². The van der Waals surface area contributed by atoms with Crippen LogP contribution in [0.4, 0.5) is 13.2 Å². The van der Waals surface area contributed by atoms with Crippen molar-refractivity contribution in [3.63, 3.8) is 0 Å². The van der Waals surface area contributed by atoms with E-state index in [1.165, 1.54) is 18.2 Å². The fourth-order valence-corrected chi connectivity index (χ4v) is 3.74. The largest absolute Gasteiger partial charge is 0.416 e. The average Bonchev–Trinajstić information content (AvgIpc) is 2.63. The Kier molecular flexibility index (Phi) is 7.07. The number of hydrogen-bond acceptors (Lipinski definition) is 3. The quantitative estimate of drug-likeness (QED) is 0.703. The Labute approximate surface area is 168 Å². The Morgan fingerprint density at radius 1 is 1.03 bits per heavy atom. The maximum absolute atomic E-state index is 12.6. The molecule has 2 rings (SSSR count). The van der Waals surface area contributed by atoms with Gasteiger partial charge in [-0.15, -0.1) is 0 Å². The smallest absolute Gasteiger partial charge is 0.350 e. The third-order valence-corrected chi connectivity index (χ3v) is 6.01. The number of alkyl halides is 3. The van der Waals surface area contributed by atoms with Crippen LogP contribution in [-0.4, -0.2) is 20.9 Å². The number of carbonyl (C=O) groups excluding carboxylic acids is 1. The lowest BCUT2D eigenvalue weighted by Crippen LogP contribution is -2.32. The lowest BCUT2D eigenvalue weighted by molar-refractivity contribution is -0.137. The van der Waals surface area contributed by atoms with Crippen molar-refractivity contribution >= 4 is 15.9 Å². The number of benzene rings is 2. The molecule has 0 radical (unpaired) electrons. The second-order valence-electron chi connectivity index (χ2n) is 6.80. The lowest BCUT2D eigenvalue weighted by atomic mass is 10.1. The normalized spacial score (nSPS) is 13.2. The van der Waals surface area contributed by atoms with E-state index in [2.05, 4.69) is 10.0 Å². The monoisotopic (exact) mass is 428 g/mol. The summed E-state index contributed by atoms with van der Waals surface area (Å²) in [4.78, 5) is 12.2. The van der Waals surface area contributed by atoms with Crippen molar-refractivity contribution in [2.45, 2.75) is 44.3 Å². The van der Waals surface area contributed by atoms with Gasteiger partial charge in [-0.05, 0) is 61.7 Å². The van der Waals surface area contributed by atoms with Gasteiger partial charge in [-0.3, -0.25) is 4.79 Å². The van der Waals surface area contributed by atoms with Gasteiger partial charge >= 0.3 is 6.18 Å². The van der Waals surface area contributed by atoms with Gasteiger partial charge in [0.25, 0.3) is 0 Å². The molecule has 0 saturated heterocycles. The summed E-state index contributed by atoms with van der Waals surface area (Å²) < 4.78 is 64.8. The van der Waals surface area contributed by atoms with E-state index in [0.29, 0.717) is 5.56 Å².